The molecule has 6 nitrogen and oxygen atoms in total. The number of aryl methyl sites for hydroxylation is 1. The highest BCUT2D eigenvalue weighted by Gasteiger charge is 2.29. The van der Waals surface area contributed by atoms with Crippen LogP contribution in [-0.4, -0.2) is 46.3 Å². The van der Waals surface area contributed by atoms with E-state index in [-0.39, 0.29) is 17.8 Å². The second-order valence-corrected chi connectivity index (χ2v) is 5.26. The Morgan fingerprint density at radius 3 is 2.67 bits per heavy atom. The number of esters is 1. The van der Waals surface area contributed by atoms with E-state index in [0.29, 0.717) is 38.2 Å². The molecular formula is C15H23N3O3. The van der Waals surface area contributed by atoms with Crippen molar-refractivity contribution in [3.63, 3.8) is 0 Å². The summed E-state index contributed by atoms with van der Waals surface area (Å²) in [5.74, 6) is -0.210. The third-order valence-electron chi connectivity index (χ3n) is 3.77. The fourth-order valence-electron chi connectivity index (χ4n) is 2.64. The summed E-state index contributed by atoms with van der Waals surface area (Å²) in [5, 5.41) is 4.18. The molecule has 6 heteroatoms. The highest BCUT2D eigenvalue weighted by Crippen LogP contribution is 2.20. The molecule has 0 bridgehead atoms. The summed E-state index contributed by atoms with van der Waals surface area (Å²) in [7, 11) is 0. The van der Waals surface area contributed by atoms with Crippen LogP contribution >= 0.6 is 0 Å². The van der Waals surface area contributed by atoms with Crippen LogP contribution in [-0.2, 0) is 16.1 Å². The Bertz CT molecular complexity index is 490. The molecule has 0 radical (unpaired) electrons. The van der Waals surface area contributed by atoms with Crippen LogP contribution in [0.2, 0.25) is 0 Å². The lowest BCUT2D eigenvalue weighted by molar-refractivity contribution is -0.149. The van der Waals surface area contributed by atoms with E-state index in [0.717, 1.165) is 13.0 Å². The number of nitrogens with zero attached hydrogens (tertiary/aromatic N) is 3. The maximum atomic E-state index is 12.5. The van der Waals surface area contributed by atoms with Crippen molar-refractivity contribution in [2.75, 3.05) is 19.7 Å². The highest BCUT2D eigenvalue weighted by atomic mass is 16.5. The van der Waals surface area contributed by atoms with Gasteiger partial charge in [0.1, 0.15) is 5.69 Å². The molecule has 0 atom stereocenters. The lowest BCUT2D eigenvalue weighted by Gasteiger charge is -2.30. The number of likely N-dealkylation sites (tertiary alicyclic amines) is 1. The van der Waals surface area contributed by atoms with Crippen LogP contribution in [0.25, 0.3) is 0 Å². The maximum Gasteiger partial charge on any atom is 0.309 e. The van der Waals surface area contributed by atoms with E-state index in [9.17, 15) is 9.59 Å². The largest absolute Gasteiger partial charge is 0.466 e. The smallest absolute Gasteiger partial charge is 0.309 e. The quantitative estimate of drug-likeness (QED) is 0.775. The third-order valence-corrected chi connectivity index (χ3v) is 3.77. The number of piperidine rings is 1. The van der Waals surface area contributed by atoms with Gasteiger partial charge in [-0.1, -0.05) is 6.92 Å². The Hall–Kier alpha value is -1.85. The molecule has 1 fully saturated rings. The van der Waals surface area contributed by atoms with Gasteiger partial charge < -0.3 is 9.64 Å². The Balaban J connectivity index is 1.94. The molecule has 1 amide bonds. The highest BCUT2D eigenvalue weighted by molar-refractivity contribution is 5.92. The molecule has 0 aromatic carbocycles. The first-order chi connectivity index (χ1) is 10.2. The molecule has 1 aliphatic rings. The lowest BCUT2D eigenvalue weighted by atomic mass is 9.97. The molecular weight excluding hydrogens is 270 g/mol. The molecule has 116 valence electrons. The zero-order valence-electron chi connectivity index (χ0n) is 12.7. The number of aromatic nitrogens is 2. The summed E-state index contributed by atoms with van der Waals surface area (Å²) < 4.78 is 6.79. The van der Waals surface area contributed by atoms with Gasteiger partial charge in [0.2, 0.25) is 0 Å². The van der Waals surface area contributed by atoms with Crippen LogP contribution in [0.4, 0.5) is 0 Å². The van der Waals surface area contributed by atoms with Crippen molar-refractivity contribution in [2.45, 2.75) is 39.7 Å². The zero-order valence-corrected chi connectivity index (χ0v) is 12.7. The van der Waals surface area contributed by atoms with Crippen LogP contribution in [0.5, 0.6) is 0 Å². The third kappa shape index (κ3) is 3.62. The van der Waals surface area contributed by atoms with E-state index in [1.165, 1.54) is 0 Å². The van der Waals surface area contributed by atoms with E-state index in [1.54, 1.807) is 21.8 Å². The van der Waals surface area contributed by atoms with Crippen molar-refractivity contribution in [3.05, 3.63) is 18.0 Å². The Labute approximate surface area is 125 Å². The Kier molecular flexibility index (Phi) is 5.36. The van der Waals surface area contributed by atoms with Gasteiger partial charge in [-0.2, -0.15) is 5.10 Å². The van der Waals surface area contributed by atoms with E-state index < -0.39 is 0 Å². The van der Waals surface area contributed by atoms with Crippen LogP contribution < -0.4 is 0 Å². The summed E-state index contributed by atoms with van der Waals surface area (Å²) in [4.78, 5) is 26.0. The minimum atomic E-state index is -0.138. The van der Waals surface area contributed by atoms with Crippen molar-refractivity contribution >= 4 is 11.9 Å². The van der Waals surface area contributed by atoms with Crippen LogP contribution in [0.3, 0.4) is 0 Å². The van der Waals surface area contributed by atoms with E-state index in [1.807, 2.05) is 6.92 Å². The summed E-state index contributed by atoms with van der Waals surface area (Å²) in [5.41, 5.74) is 0.631. The summed E-state index contributed by atoms with van der Waals surface area (Å²) in [6.07, 6.45) is 3.94. The Morgan fingerprint density at radius 1 is 1.33 bits per heavy atom. The molecule has 2 heterocycles. The Morgan fingerprint density at radius 2 is 2.05 bits per heavy atom. The molecule has 1 saturated heterocycles. The van der Waals surface area contributed by atoms with Crippen molar-refractivity contribution in [1.29, 1.82) is 0 Å². The first-order valence-corrected chi connectivity index (χ1v) is 7.65. The zero-order chi connectivity index (χ0) is 15.2. The average molecular weight is 293 g/mol. The number of ether oxygens (including phenoxy) is 1. The number of carbonyl (C=O) groups excluding carboxylic acids is 2. The number of hydrogen-bond donors (Lipinski definition) is 0. The molecule has 0 saturated carbocycles. The van der Waals surface area contributed by atoms with Crippen LogP contribution in [0.1, 0.15) is 43.6 Å². The van der Waals surface area contributed by atoms with E-state index in [4.69, 9.17) is 4.74 Å². The summed E-state index contributed by atoms with van der Waals surface area (Å²) in [6, 6.07) is 1.76. The average Bonchev–Trinajstić information content (AvgIpc) is 2.95. The molecule has 2 rings (SSSR count). The predicted molar refractivity (Wildman–Crippen MR) is 77.8 cm³/mol. The molecule has 0 aliphatic carbocycles. The molecule has 0 N–H and O–H groups in total. The van der Waals surface area contributed by atoms with E-state index >= 15 is 0 Å². The number of rotatable bonds is 5. The van der Waals surface area contributed by atoms with Crippen molar-refractivity contribution in [2.24, 2.45) is 5.92 Å². The molecule has 1 aromatic heterocycles. The van der Waals surface area contributed by atoms with Gasteiger partial charge in [0.15, 0.2) is 0 Å². The van der Waals surface area contributed by atoms with Crippen molar-refractivity contribution in [3.8, 4) is 0 Å². The second-order valence-electron chi connectivity index (χ2n) is 5.26. The van der Waals surface area contributed by atoms with Gasteiger partial charge in [-0.3, -0.25) is 14.3 Å². The topological polar surface area (TPSA) is 64.4 Å². The van der Waals surface area contributed by atoms with Gasteiger partial charge in [0.05, 0.1) is 12.5 Å². The van der Waals surface area contributed by atoms with Gasteiger partial charge in [-0.05, 0) is 32.3 Å². The summed E-state index contributed by atoms with van der Waals surface area (Å²) >= 11 is 0. The fraction of sp³-hybridized carbons (Fsp3) is 0.667. The second kappa shape index (κ2) is 7.24. The molecule has 1 aromatic rings. The van der Waals surface area contributed by atoms with Crippen LogP contribution in [0.15, 0.2) is 12.3 Å². The normalized spacial score (nSPS) is 16.0. The van der Waals surface area contributed by atoms with Gasteiger partial charge in [0.25, 0.3) is 5.91 Å². The minimum absolute atomic E-state index is 0.00302. The number of carbonyl (C=O) groups is 2. The van der Waals surface area contributed by atoms with Gasteiger partial charge >= 0.3 is 5.97 Å². The van der Waals surface area contributed by atoms with E-state index in [2.05, 4.69) is 12.0 Å². The van der Waals surface area contributed by atoms with Crippen molar-refractivity contribution in [1.82, 2.24) is 14.7 Å². The molecule has 1 aliphatic heterocycles. The monoisotopic (exact) mass is 293 g/mol. The molecule has 21 heavy (non-hydrogen) atoms. The fourth-order valence-corrected chi connectivity index (χ4v) is 2.64. The standard InChI is InChI=1S/C15H23N3O3/c1-3-9-18-13(5-8-16-18)14(19)17-10-6-12(7-11-17)15(20)21-4-2/h5,8,12H,3-4,6-7,9-11H2,1-2H3. The lowest BCUT2D eigenvalue weighted by Crippen LogP contribution is -2.41. The predicted octanol–water partition coefficient (Wildman–Crippen LogP) is 1.71. The first kappa shape index (κ1) is 15.5. The first-order valence-electron chi connectivity index (χ1n) is 7.65. The minimum Gasteiger partial charge on any atom is -0.466 e. The van der Waals surface area contributed by atoms with Gasteiger partial charge in [-0.15, -0.1) is 0 Å². The maximum absolute atomic E-state index is 12.5. The van der Waals surface area contributed by atoms with Crippen LogP contribution in [0, 0.1) is 5.92 Å². The van der Waals surface area contributed by atoms with Crippen molar-refractivity contribution < 1.29 is 14.3 Å². The molecule has 0 spiro atoms. The SMILES string of the molecule is CCCn1nccc1C(=O)N1CCC(C(=O)OCC)CC1. The molecule has 0 unspecified atom stereocenters. The summed E-state index contributed by atoms with van der Waals surface area (Å²) in [6.45, 7) is 6.22. The number of hydrogen-bond acceptors (Lipinski definition) is 4. The number of amides is 1. The van der Waals surface area contributed by atoms with Gasteiger partial charge in [0, 0.05) is 25.8 Å². The van der Waals surface area contributed by atoms with Gasteiger partial charge in [-0.25, -0.2) is 0 Å².